The highest BCUT2D eigenvalue weighted by Crippen LogP contribution is 2.27. The summed E-state index contributed by atoms with van der Waals surface area (Å²) in [5, 5.41) is 20.4. The van der Waals surface area contributed by atoms with Crippen molar-refractivity contribution in [2.24, 2.45) is 10.2 Å². The molecule has 0 fully saturated rings. The predicted molar refractivity (Wildman–Crippen MR) is 193 cm³/mol. The monoisotopic (exact) mass is 598 g/mol. The van der Waals surface area contributed by atoms with Gasteiger partial charge in [-0.25, -0.2) is 0 Å². The Balaban J connectivity index is 1.34. The highest BCUT2D eigenvalue weighted by Gasteiger charge is 2.11. The zero-order chi connectivity index (χ0) is 31.6. The number of hydrogen-bond donors (Lipinski definition) is 2. The lowest BCUT2D eigenvalue weighted by atomic mass is 10.0. The first kappa shape index (κ1) is 29.9. The maximum absolute atomic E-state index is 4.82. The zero-order valence-electron chi connectivity index (χ0n) is 25.8. The Morgan fingerprint density at radius 1 is 0.435 bits per heavy atom. The summed E-state index contributed by atoms with van der Waals surface area (Å²) in [5.74, 6) is 1.10. The molecule has 5 aromatic carbocycles. The number of anilines is 2. The molecule has 6 heteroatoms. The van der Waals surface area contributed by atoms with Crippen molar-refractivity contribution < 1.29 is 0 Å². The van der Waals surface area contributed by atoms with E-state index in [4.69, 9.17) is 10.2 Å². The predicted octanol–water partition coefficient (Wildman–Crippen LogP) is 9.47. The van der Waals surface area contributed by atoms with Crippen LogP contribution in [0.3, 0.4) is 0 Å². The molecule has 224 valence electrons. The van der Waals surface area contributed by atoms with Gasteiger partial charge in [0.2, 0.25) is 0 Å². The third-order valence-corrected chi connectivity index (χ3v) is 7.56. The molecule has 0 spiro atoms. The molecule has 1 aromatic heterocycles. The van der Waals surface area contributed by atoms with Gasteiger partial charge < -0.3 is 0 Å². The first-order valence-electron chi connectivity index (χ1n) is 15.2. The fourth-order valence-electron chi connectivity index (χ4n) is 5.05. The van der Waals surface area contributed by atoms with Gasteiger partial charge in [-0.15, -0.1) is 10.2 Å². The van der Waals surface area contributed by atoms with E-state index in [-0.39, 0.29) is 0 Å². The van der Waals surface area contributed by atoms with E-state index in [2.05, 4.69) is 71.3 Å². The Morgan fingerprint density at radius 2 is 0.739 bits per heavy atom. The van der Waals surface area contributed by atoms with Gasteiger partial charge in [-0.1, -0.05) is 146 Å². The summed E-state index contributed by atoms with van der Waals surface area (Å²) in [7, 11) is 0. The lowest BCUT2D eigenvalue weighted by Crippen LogP contribution is -2.07. The van der Waals surface area contributed by atoms with Crippen molar-refractivity contribution in [1.82, 2.24) is 10.2 Å². The molecule has 0 aliphatic carbocycles. The van der Waals surface area contributed by atoms with Crippen LogP contribution in [0.15, 0.2) is 168 Å². The summed E-state index contributed by atoms with van der Waals surface area (Å²) in [6.07, 6.45) is 4.15. The molecule has 6 nitrogen and oxygen atoms in total. The van der Waals surface area contributed by atoms with Gasteiger partial charge in [0, 0.05) is 21.9 Å². The molecule has 46 heavy (non-hydrogen) atoms. The van der Waals surface area contributed by atoms with E-state index in [0.29, 0.717) is 11.6 Å². The number of nitrogens with zero attached hydrogens (tertiary/aromatic N) is 4. The maximum Gasteiger partial charge on any atom is 0.176 e. The molecule has 0 saturated heterocycles. The summed E-state index contributed by atoms with van der Waals surface area (Å²) in [6, 6.07) is 48.7. The lowest BCUT2D eigenvalue weighted by molar-refractivity contribution is 1.03. The van der Waals surface area contributed by atoms with Crippen LogP contribution >= 0.6 is 0 Å². The SMILES string of the molecule is C/C(=C/C(=N\Nc1nnc(N/N=C(\C=C(\C)c2ccccc2)c2ccccc2)c2ccccc12)c1ccccc1)c1ccccc1. The van der Waals surface area contributed by atoms with Crippen molar-refractivity contribution in [3.63, 3.8) is 0 Å². The molecule has 0 amide bonds. The van der Waals surface area contributed by atoms with Crippen molar-refractivity contribution >= 4 is 45.0 Å². The minimum absolute atomic E-state index is 0.549. The first-order chi connectivity index (χ1) is 22.7. The van der Waals surface area contributed by atoms with E-state index in [1.807, 2.05) is 121 Å². The third-order valence-electron chi connectivity index (χ3n) is 7.56. The number of nitrogens with one attached hydrogen (secondary N) is 2. The Labute approximate surface area is 269 Å². The molecule has 0 aliphatic rings. The molecule has 0 saturated carbocycles. The van der Waals surface area contributed by atoms with Crippen LogP contribution in [0.2, 0.25) is 0 Å². The fourth-order valence-corrected chi connectivity index (χ4v) is 5.05. The molecule has 0 atom stereocenters. The molecule has 1 heterocycles. The lowest BCUT2D eigenvalue weighted by Gasteiger charge is -2.11. The van der Waals surface area contributed by atoms with Crippen LogP contribution in [0.1, 0.15) is 36.1 Å². The van der Waals surface area contributed by atoms with E-state index < -0.39 is 0 Å². The number of hydrogen-bond acceptors (Lipinski definition) is 6. The maximum atomic E-state index is 4.82. The minimum Gasteiger partial charge on any atom is -0.259 e. The van der Waals surface area contributed by atoms with Crippen molar-refractivity contribution in [3.05, 3.63) is 180 Å². The molecule has 0 aliphatic heterocycles. The summed E-state index contributed by atoms with van der Waals surface area (Å²) >= 11 is 0. The summed E-state index contributed by atoms with van der Waals surface area (Å²) < 4.78 is 0. The van der Waals surface area contributed by atoms with Crippen molar-refractivity contribution in [3.8, 4) is 0 Å². The molecule has 2 N–H and O–H groups in total. The normalized spacial score (nSPS) is 12.7. The molecule has 6 aromatic rings. The van der Waals surface area contributed by atoms with Crippen LogP contribution in [0.25, 0.3) is 21.9 Å². The van der Waals surface area contributed by atoms with E-state index in [1.165, 1.54) is 0 Å². The molecule has 0 unspecified atom stereocenters. The van der Waals surface area contributed by atoms with Crippen LogP contribution in [-0.4, -0.2) is 21.6 Å². The molecule has 0 bridgehead atoms. The van der Waals surface area contributed by atoms with Gasteiger partial charge >= 0.3 is 0 Å². The number of fused-ring (bicyclic) bond motifs is 1. The van der Waals surface area contributed by atoms with E-state index in [0.717, 1.165) is 55.6 Å². The van der Waals surface area contributed by atoms with Gasteiger partial charge in [0.1, 0.15) is 0 Å². The fraction of sp³-hybridized carbons (Fsp3) is 0.0500. The molecular weight excluding hydrogens is 564 g/mol. The van der Waals surface area contributed by atoms with Crippen molar-refractivity contribution in [1.29, 1.82) is 0 Å². The smallest absolute Gasteiger partial charge is 0.176 e. The largest absolute Gasteiger partial charge is 0.259 e. The van der Waals surface area contributed by atoms with E-state index in [9.17, 15) is 0 Å². The van der Waals surface area contributed by atoms with Gasteiger partial charge in [-0.3, -0.25) is 10.9 Å². The summed E-state index contributed by atoms with van der Waals surface area (Å²) in [4.78, 5) is 0. The number of allylic oxidation sites excluding steroid dienone is 4. The van der Waals surface area contributed by atoms with Crippen LogP contribution in [0.4, 0.5) is 11.6 Å². The van der Waals surface area contributed by atoms with Crippen molar-refractivity contribution in [2.75, 3.05) is 10.9 Å². The second-order valence-electron chi connectivity index (χ2n) is 10.8. The van der Waals surface area contributed by atoms with Gasteiger partial charge in [-0.2, -0.15) is 10.2 Å². The number of benzene rings is 5. The van der Waals surface area contributed by atoms with Crippen LogP contribution in [0, 0.1) is 0 Å². The average molecular weight is 599 g/mol. The summed E-state index contributed by atoms with van der Waals surface area (Å²) in [5.41, 5.74) is 14.4. The van der Waals surface area contributed by atoms with Crippen LogP contribution in [-0.2, 0) is 0 Å². The second kappa shape index (κ2) is 14.6. The zero-order valence-corrected chi connectivity index (χ0v) is 25.8. The average Bonchev–Trinajstić information content (AvgIpc) is 3.13. The first-order valence-corrected chi connectivity index (χ1v) is 15.2. The van der Waals surface area contributed by atoms with E-state index in [1.54, 1.807) is 0 Å². The van der Waals surface area contributed by atoms with Crippen LogP contribution in [0.5, 0.6) is 0 Å². The van der Waals surface area contributed by atoms with E-state index >= 15 is 0 Å². The molecular formula is C40H34N6. The number of hydrazone groups is 2. The number of rotatable bonds is 10. The topological polar surface area (TPSA) is 74.6 Å². The van der Waals surface area contributed by atoms with Gasteiger partial charge in [0.05, 0.1) is 11.4 Å². The Bertz CT molecular complexity index is 1880. The Hall–Kier alpha value is -6.14. The third kappa shape index (κ3) is 7.31. The molecule has 0 radical (unpaired) electrons. The van der Waals surface area contributed by atoms with Gasteiger partial charge in [0.25, 0.3) is 0 Å². The second-order valence-corrected chi connectivity index (χ2v) is 10.8. The van der Waals surface area contributed by atoms with Crippen molar-refractivity contribution in [2.45, 2.75) is 13.8 Å². The Morgan fingerprint density at radius 3 is 1.09 bits per heavy atom. The van der Waals surface area contributed by atoms with Crippen LogP contribution < -0.4 is 10.9 Å². The van der Waals surface area contributed by atoms with Gasteiger partial charge in [-0.05, 0) is 48.3 Å². The highest BCUT2D eigenvalue weighted by atomic mass is 15.4. The minimum atomic E-state index is 0.549. The quantitative estimate of drug-likeness (QED) is 0.122. The highest BCUT2D eigenvalue weighted by molar-refractivity contribution is 6.13. The number of aromatic nitrogens is 2. The standard InChI is InChI=1S/C40H34N6/c1-29(31-17-7-3-8-18-31)27-37(33-21-11-5-12-22-33)41-43-39-35-25-15-16-26-36(35)40(46-45-39)44-42-38(34-23-13-6-14-24-34)28-30(2)32-19-9-4-10-20-32/h3-28H,1-2H3,(H,43,45)(H,44,46)/b29-27-,30-28-,41-37+,42-38+. The summed E-state index contributed by atoms with van der Waals surface area (Å²) in [6.45, 7) is 4.18. The Kier molecular flexibility index (Phi) is 9.46. The molecule has 6 rings (SSSR count). The van der Waals surface area contributed by atoms with Gasteiger partial charge in [0.15, 0.2) is 11.6 Å².